The summed E-state index contributed by atoms with van der Waals surface area (Å²) in [6.07, 6.45) is 0. The van der Waals surface area contributed by atoms with Crippen molar-refractivity contribution in [1.82, 2.24) is 4.98 Å². The van der Waals surface area contributed by atoms with Gasteiger partial charge in [0.2, 0.25) is 0 Å². The van der Waals surface area contributed by atoms with Crippen LogP contribution in [0.2, 0.25) is 0 Å². The number of hydrogen-bond acceptors (Lipinski definition) is 3. The molecule has 0 bridgehead atoms. The molecule has 0 saturated heterocycles. The molecule has 2 aromatic heterocycles. The summed E-state index contributed by atoms with van der Waals surface area (Å²) < 4.78 is 0. The summed E-state index contributed by atoms with van der Waals surface area (Å²) in [6, 6.07) is 26.1. The van der Waals surface area contributed by atoms with E-state index in [4.69, 9.17) is 0 Å². The van der Waals surface area contributed by atoms with Gasteiger partial charge in [0.15, 0.2) is 0 Å². The number of carboxylic acid groups (broad SMARTS) is 1. The minimum atomic E-state index is -1.02. The van der Waals surface area contributed by atoms with E-state index < -0.39 is 5.97 Å². The Hall–Kier alpha value is -2.90. The van der Waals surface area contributed by atoms with E-state index in [9.17, 15) is 9.90 Å². The van der Waals surface area contributed by atoms with Crippen molar-refractivity contribution in [1.29, 1.82) is 0 Å². The SMILES string of the molecule is O=C(O)c1ccc2cc(-c3cccs3)cc(-c3cccc4ccccc34)c2n1.[LiH]. The average molecular weight is 389 g/mol. The van der Waals surface area contributed by atoms with Gasteiger partial charge >= 0.3 is 24.8 Å². The summed E-state index contributed by atoms with van der Waals surface area (Å²) in [7, 11) is 0. The standard InChI is InChI=1S/C24H15NO2S.Li.H/c26-24(27)21-11-10-16-13-17(22-9-4-12-28-22)14-20(23(16)25-21)19-8-3-6-15-5-1-2-7-18(15)19;;/h1-14H,(H,26,27);;. The fraction of sp³-hybridized carbons (Fsp3) is 0. The number of hydrogen-bond donors (Lipinski definition) is 1. The van der Waals surface area contributed by atoms with Gasteiger partial charge in [-0.1, -0.05) is 54.6 Å². The van der Waals surface area contributed by atoms with Crippen LogP contribution in [0.1, 0.15) is 10.5 Å². The van der Waals surface area contributed by atoms with Gasteiger partial charge in [-0.2, -0.15) is 0 Å². The topological polar surface area (TPSA) is 50.2 Å². The van der Waals surface area contributed by atoms with Crippen LogP contribution in [0.4, 0.5) is 0 Å². The Labute approximate surface area is 183 Å². The van der Waals surface area contributed by atoms with Crippen molar-refractivity contribution in [3.05, 3.63) is 89.9 Å². The van der Waals surface area contributed by atoms with Crippen molar-refractivity contribution in [3.8, 4) is 21.6 Å². The Bertz CT molecular complexity index is 1340. The number of benzene rings is 3. The number of nitrogens with zero attached hydrogens (tertiary/aromatic N) is 1. The van der Waals surface area contributed by atoms with E-state index in [-0.39, 0.29) is 24.6 Å². The summed E-state index contributed by atoms with van der Waals surface area (Å²) >= 11 is 1.69. The molecule has 0 aliphatic rings. The van der Waals surface area contributed by atoms with Crippen LogP contribution in [0.15, 0.2) is 84.2 Å². The Morgan fingerprint density at radius 1 is 0.828 bits per heavy atom. The van der Waals surface area contributed by atoms with E-state index in [2.05, 4.69) is 52.8 Å². The average Bonchev–Trinajstić information content (AvgIpc) is 3.27. The third-order valence-electron chi connectivity index (χ3n) is 4.90. The molecule has 29 heavy (non-hydrogen) atoms. The Balaban J connectivity index is 0.00000205. The molecule has 5 heteroatoms. The first-order valence-electron chi connectivity index (χ1n) is 8.91. The van der Waals surface area contributed by atoms with Gasteiger partial charge in [0.05, 0.1) is 5.52 Å². The summed E-state index contributed by atoms with van der Waals surface area (Å²) in [5.74, 6) is -1.02. The molecule has 0 radical (unpaired) electrons. The number of aromatic nitrogens is 1. The number of aromatic carboxylic acids is 1. The predicted octanol–water partition coefficient (Wildman–Crippen LogP) is 5.83. The molecule has 2 heterocycles. The van der Waals surface area contributed by atoms with Crippen LogP contribution >= 0.6 is 11.3 Å². The Morgan fingerprint density at radius 3 is 2.45 bits per heavy atom. The van der Waals surface area contributed by atoms with Gasteiger partial charge in [-0.25, -0.2) is 9.78 Å². The molecule has 136 valence electrons. The molecule has 0 unspecified atom stereocenters. The Kier molecular flexibility index (Phi) is 5.25. The molecular formula is C24H16LiNO2S. The molecule has 5 rings (SSSR count). The molecule has 5 aromatic rings. The second kappa shape index (κ2) is 7.85. The molecule has 0 amide bonds. The maximum absolute atomic E-state index is 11.5. The number of pyridine rings is 1. The van der Waals surface area contributed by atoms with Crippen molar-refractivity contribution in [2.45, 2.75) is 0 Å². The molecule has 0 fully saturated rings. The van der Waals surface area contributed by atoms with Crippen molar-refractivity contribution < 1.29 is 9.90 Å². The zero-order valence-corrected chi connectivity index (χ0v) is 15.6. The van der Waals surface area contributed by atoms with Crippen molar-refractivity contribution in [2.24, 2.45) is 0 Å². The van der Waals surface area contributed by atoms with Gasteiger partial charge < -0.3 is 5.11 Å². The monoisotopic (exact) mass is 389 g/mol. The van der Waals surface area contributed by atoms with Gasteiger partial charge in [0.1, 0.15) is 5.69 Å². The van der Waals surface area contributed by atoms with Crippen LogP contribution in [0.3, 0.4) is 0 Å². The summed E-state index contributed by atoms with van der Waals surface area (Å²) in [5, 5.41) is 14.7. The van der Waals surface area contributed by atoms with Gasteiger partial charge in [-0.05, 0) is 51.5 Å². The molecule has 1 N–H and O–H groups in total. The van der Waals surface area contributed by atoms with Crippen LogP contribution in [-0.4, -0.2) is 34.9 Å². The first-order valence-corrected chi connectivity index (χ1v) is 9.79. The number of carboxylic acids is 1. The minimum absolute atomic E-state index is 0. The van der Waals surface area contributed by atoms with Crippen molar-refractivity contribution in [2.75, 3.05) is 0 Å². The van der Waals surface area contributed by atoms with E-state index in [0.29, 0.717) is 5.52 Å². The third-order valence-corrected chi connectivity index (χ3v) is 5.82. The van der Waals surface area contributed by atoms with Crippen LogP contribution in [0.5, 0.6) is 0 Å². The number of thiophene rings is 1. The maximum atomic E-state index is 11.5. The van der Waals surface area contributed by atoms with Crippen molar-refractivity contribution in [3.63, 3.8) is 0 Å². The number of fused-ring (bicyclic) bond motifs is 2. The molecule has 0 aliphatic heterocycles. The molecule has 0 aliphatic carbocycles. The number of rotatable bonds is 3. The van der Waals surface area contributed by atoms with Crippen LogP contribution in [-0.2, 0) is 0 Å². The third kappa shape index (κ3) is 3.47. The summed E-state index contributed by atoms with van der Waals surface area (Å²) in [6.45, 7) is 0. The van der Waals surface area contributed by atoms with Crippen LogP contribution in [0, 0.1) is 0 Å². The molecular weight excluding hydrogens is 373 g/mol. The summed E-state index contributed by atoms with van der Waals surface area (Å²) in [5.41, 5.74) is 3.86. The first kappa shape index (κ1) is 19.4. The molecule has 0 saturated carbocycles. The van der Waals surface area contributed by atoms with Crippen LogP contribution in [0.25, 0.3) is 43.2 Å². The van der Waals surface area contributed by atoms with E-state index >= 15 is 0 Å². The predicted molar refractivity (Wildman–Crippen MR) is 122 cm³/mol. The zero-order chi connectivity index (χ0) is 19.1. The molecule has 3 aromatic carbocycles. The Morgan fingerprint density at radius 2 is 1.66 bits per heavy atom. The molecule has 3 nitrogen and oxygen atoms in total. The molecule has 0 atom stereocenters. The fourth-order valence-electron chi connectivity index (χ4n) is 3.60. The quantitative estimate of drug-likeness (QED) is 0.395. The van der Waals surface area contributed by atoms with E-state index in [1.54, 1.807) is 17.4 Å². The number of carbonyl (C=O) groups is 1. The van der Waals surface area contributed by atoms with Gasteiger partial charge in [-0.3, -0.25) is 0 Å². The van der Waals surface area contributed by atoms with Gasteiger partial charge in [0, 0.05) is 15.8 Å². The van der Waals surface area contributed by atoms with Crippen molar-refractivity contribution >= 4 is 57.8 Å². The normalized spacial score (nSPS) is 10.8. The van der Waals surface area contributed by atoms with Crippen LogP contribution < -0.4 is 0 Å². The van der Waals surface area contributed by atoms with Gasteiger partial charge in [-0.15, -0.1) is 11.3 Å². The van der Waals surface area contributed by atoms with E-state index in [1.165, 1.54) is 4.88 Å². The van der Waals surface area contributed by atoms with E-state index in [0.717, 1.165) is 32.8 Å². The zero-order valence-electron chi connectivity index (χ0n) is 14.8. The summed E-state index contributed by atoms with van der Waals surface area (Å²) in [4.78, 5) is 17.2. The van der Waals surface area contributed by atoms with E-state index in [1.807, 2.05) is 30.3 Å². The fourth-order valence-corrected chi connectivity index (χ4v) is 4.32. The van der Waals surface area contributed by atoms with Gasteiger partial charge in [0.25, 0.3) is 0 Å². The second-order valence-electron chi connectivity index (χ2n) is 6.60. The molecule has 0 spiro atoms. The second-order valence-corrected chi connectivity index (χ2v) is 7.55. The first-order chi connectivity index (χ1) is 13.7.